The monoisotopic (exact) mass is 392 g/mol. The van der Waals surface area contributed by atoms with Gasteiger partial charge in [0.05, 0.1) is 19.8 Å². The molecule has 1 heterocycles. The van der Waals surface area contributed by atoms with Crippen LogP contribution in [0.25, 0.3) is 0 Å². The van der Waals surface area contributed by atoms with Crippen molar-refractivity contribution in [3.8, 4) is 11.5 Å². The molecule has 0 radical (unpaired) electrons. The van der Waals surface area contributed by atoms with Crippen molar-refractivity contribution < 1.29 is 14.3 Å². The van der Waals surface area contributed by atoms with Gasteiger partial charge in [-0.3, -0.25) is 20.0 Å². The number of unbranched alkanes of at least 4 members (excludes halogenated alkanes) is 2. The Morgan fingerprint density at radius 3 is 2.21 bits per heavy atom. The van der Waals surface area contributed by atoms with E-state index in [2.05, 4.69) is 41.2 Å². The molecule has 7 nitrogen and oxygen atoms in total. The van der Waals surface area contributed by atoms with E-state index >= 15 is 0 Å². The first-order chi connectivity index (χ1) is 13.7. The Morgan fingerprint density at radius 2 is 1.61 bits per heavy atom. The zero-order chi connectivity index (χ0) is 20.2. The van der Waals surface area contributed by atoms with Gasteiger partial charge in [0.1, 0.15) is 0 Å². The van der Waals surface area contributed by atoms with Crippen LogP contribution in [0.3, 0.4) is 0 Å². The van der Waals surface area contributed by atoms with Crippen molar-refractivity contribution in [2.75, 3.05) is 45.9 Å². The third-order valence-corrected chi connectivity index (χ3v) is 4.92. The van der Waals surface area contributed by atoms with Crippen molar-refractivity contribution in [1.82, 2.24) is 15.2 Å². The average Bonchev–Trinajstić information content (AvgIpc) is 2.71. The number of rotatable bonds is 12. The van der Waals surface area contributed by atoms with Gasteiger partial charge in [-0.15, -0.1) is 0 Å². The standard InChI is InChI=1S/C21H36N4O3/c1-3-5-13-27-19-8-7-18(15-20(19)28-14-6-4-2)16-24-9-11-25(12-10-24)17-21(26)23-22/h7-8,15H,3-6,9-14,16-17,22H2,1-2H3,(H,23,26). The predicted molar refractivity (Wildman–Crippen MR) is 111 cm³/mol. The van der Waals surface area contributed by atoms with Crippen LogP contribution in [0.4, 0.5) is 0 Å². The molecule has 0 aliphatic carbocycles. The average molecular weight is 393 g/mol. The second-order valence-corrected chi connectivity index (χ2v) is 7.30. The molecule has 0 bridgehead atoms. The Hall–Kier alpha value is -1.83. The molecule has 7 heteroatoms. The number of ether oxygens (including phenoxy) is 2. The van der Waals surface area contributed by atoms with E-state index in [4.69, 9.17) is 15.3 Å². The lowest BCUT2D eigenvalue weighted by atomic mass is 10.1. The van der Waals surface area contributed by atoms with E-state index < -0.39 is 0 Å². The zero-order valence-corrected chi connectivity index (χ0v) is 17.4. The fourth-order valence-electron chi connectivity index (χ4n) is 3.15. The van der Waals surface area contributed by atoms with Crippen molar-refractivity contribution in [3.63, 3.8) is 0 Å². The molecular weight excluding hydrogens is 356 g/mol. The summed E-state index contributed by atoms with van der Waals surface area (Å²) in [7, 11) is 0. The van der Waals surface area contributed by atoms with Crippen LogP contribution in [-0.4, -0.2) is 61.6 Å². The minimum Gasteiger partial charge on any atom is -0.490 e. The van der Waals surface area contributed by atoms with Gasteiger partial charge in [-0.25, -0.2) is 5.84 Å². The number of nitrogens with zero attached hydrogens (tertiary/aromatic N) is 2. The number of carbonyl (C=O) groups excluding carboxylic acids is 1. The topological polar surface area (TPSA) is 80.1 Å². The van der Waals surface area contributed by atoms with Crippen LogP contribution in [0.1, 0.15) is 45.1 Å². The highest BCUT2D eigenvalue weighted by Gasteiger charge is 2.19. The van der Waals surface area contributed by atoms with Crippen LogP contribution in [0.5, 0.6) is 11.5 Å². The zero-order valence-electron chi connectivity index (χ0n) is 17.4. The van der Waals surface area contributed by atoms with Crippen LogP contribution in [0, 0.1) is 0 Å². The maximum absolute atomic E-state index is 11.4. The van der Waals surface area contributed by atoms with Crippen LogP contribution < -0.4 is 20.7 Å². The number of hydrogen-bond donors (Lipinski definition) is 2. The summed E-state index contributed by atoms with van der Waals surface area (Å²) in [5.41, 5.74) is 3.42. The van der Waals surface area contributed by atoms with Gasteiger partial charge in [0.2, 0.25) is 5.91 Å². The summed E-state index contributed by atoms with van der Waals surface area (Å²) in [6.45, 7) is 10.6. The summed E-state index contributed by atoms with van der Waals surface area (Å²) in [6, 6.07) is 6.28. The molecule has 1 saturated heterocycles. The minimum atomic E-state index is -0.138. The van der Waals surface area contributed by atoms with Gasteiger partial charge in [0, 0.05) is 32.7 Å². The first kappa shape index (κ1) is 22.5. The molecule has 0 aromatic heterocycles. The van der Waals surface area contributed by atoms with E-state index in [-0.39, 0.29) is 5.91 Å². The summed E-state index contributed by atoms with van der Waals surface area (Å²) in [5.74, 6) is 6.72. The fourth-order valence-corrected chi connectivity index (χ4v) is 3.15. The highest BCUT2D eigenvalue weighted by atomic mass is 16.5. The van der Waals surface area contributed by atoms with E-state index in [1.54, 1.807) is 0 Å². The van der Waals surface area contributed by atoms with Gasteiger partial charge in [-0.05, 0) is 30.5 Å². The van der Waals surface area contributed by atoms with Crippen molar-refractivity contribution in [1.29, 1.82) is 0 Å². The van der Waals surface area contributed by atoms with Crippen molar-refractivity contribution >= 4 is 5.91 Å². The summed E-state index contributed by atoms with van der Waals surface area (Å²) < 4.78 is 11.9. The molecular formula is C21H36N4O3. The lowest BCUT2D eigenvalue weighted by molar-refractivity contribution is -0.122. The first-order valence-corrected chi connectivity index (χ1v) is 10.5. The van der Waals surface area contributed by atoms with Gasteiger partial charge in [0.25, 0.3) is 0 Å². The summed E-state index contributed by atoms with van der Waals surface area (Å²) in [5, 5.41) is 0. The molecule has 1 aromatic rings. The Morgan fingerprint density at radius 1 is 1.00 bits per heavy atom. The quantitative estimate of drug-likeness (QED) is 0.246. The molecule has 1 aromatic carbocycles. The van der Waals surface area contributed by atoms with Gasteiger partial charge in [-0.1, -0.05) is 32.8 Å². The maximum Gasteiger partial charge on any atom is 0.248 e. The second-order valence-electron chi connectivity index (χ2n) is 7.30. The van der Waals surface area contributed by atoms with Crippen LogP contribution in [0.2, 0.25) is 0 Å². The summed E-state index contributed by atoms with van der Waals surface area (Å²) >= 11 is 0. The Balaban J connectivity index is 1.91. The number of nitrogens with one attached hydrogen (secondary N) is 1. The SMILES string of the molecule is CCCCOc1ccc(CN2CCN(CC(=O)NN)CC2)cc1OCCCC. The number of nitrogens with two attached hydrogens (primary N) is 1. The Labute approximate surface area is 169 Å². The Bertz CT molecular complexity index is 589. The van der Waals surface area contributed by atoms with E-state index in [9.17, 15) is 4.79 Å². The van der Waals surface area contributed by atoms with Gasteiger partial charge >= 0.3 is 0 Å². The summed E-state index contributed by atoms with van der Waals surface area (Å²) in [4.78, 5) is 15.9. The van der Waals surface area contributed by atoms with Crippen LogP contribution >= 0.6 is 0 Å². The minimum absolute atomic E-state index is 0.138. The van der Waals surface area contributed by atoms with E-state index in [1.165, 1.54) is 5.56 Å². The lowest BCUT2D eigenvalue weighted by Gasteiger charge is -2.34. The first-order valence-electron chi connectivity index (χ1n) is 10.5. The lowest BCUT2D eigenvalue weighted by Crippen LogP contribution is -2.49. The van der Waals surface area contributed by atoms with Crippen LogP contribution in [0.15, 0.2) is 18.2 Å². The van der Waals surface area contributed by atoms with Gasteiger partial charge in [0.15, 0.2) is 11.5 Å². The number of benzene rings is 1. The molecule has 2 rings (SSSR count). The van der Waals surface area contributed by atoms with Crippen molar-refractivity contribution in [2.45, 2.75) is 46.1 Å². The Kier molecular flexibility index (Phi) is 10.1. The van der Waals surface area contributed by atoms with E-state index in [0.717, 1.165) is 76.5 Å². The molecule has 1 aliphatic rings. The highest BCUT2D eigenvalue weighted by Crippen LogP contribution is 2.29. The second kappa shape index (κ2) is 12.6. The predicted octanol–water partition coefficient (Wildman–Crippen LogP) is 2.15. The molecule has 1 fully saturated rings. The highest BCUT2D eigenvalue weighted by molar-refractivity contribution is 5.77. The molecule has 0 spiro atoms. The van der Waals surface area contributed by atoms with Crippen molar-refractivity contribution in [3.05, 3.63) is 23.8 Å². The molecule has 1 aliphatic heterocycles. The summed E-state index contributed by atoms with van der Waals surface area (Å²) in [6.07, 6.45) is 4.31. The number of amides is 1. The third-order valence-electron chi connectivity index (χ3n) is 4.92. The molecule has 28 heavy (non-hydrogen) atoms. The largest absolute Gasteiger partial charge is 0.490 e. The fraction of sp³-hybridized carbons (Fsp3) is 0.667. The molecule has 158 valence electrons. The number of hydrogen-bond acceptors (Lipinski definition) is 6. The number of piperazine rings is 1. The maximum atomic E-state index is 11.4. The smallest absolute Gasteiger partial charge is 0.248 e. The van der Waals surface area contributed by atoms with E-state index in [1.807, 2.05) is 6.07 Å². The van der Waals surface area contributed by atoms with Crippen LogP contribution in [-0.2, 0) is 11.3 Å². The molecule has 0 unspecified atom stereocenters. The molecule has 1 amide bonds. The van der Waals surface area contributed by atoms with Gasteiger partial charge in [-0.2, -0.15) is 0 Å². The molecule has 0 saturated carbocycles. The molecule has 3 N–H and O–H groups in total. The molecule has 0 atom stereocenters. The number of hydrazine groups is 1. The van der Waals surface area contributed by atoms with Crippen molar-refractivity contribution in [2.24, 2.45) is 5.84 Å². The third kappa shape index (κ3) is 7.66. The normalized spacial score (nSPS) is 15.4. The number of carbonyl (C=O) groups is 1. The van der Waals surface area contributed by atoms with Gasteiger partial charge < -0.3 is 9.47 Å². The van der Waals surface area contributed by atoms with E-state index in [0.29, 0.717) is 13.2 Å².